The third kappa shape index (κ3) is 3.65. The fourth-order valence-corrected chi connectivity index (χ4v) is 3.41. The van der Waals surface area contributed by atoms with Crippen molar-refractivity contribution in [2.24, 2.45) is 0 Å². The number of nitrogens with one attached hydrogen (secondary N) is 1. The molecule has 6 nitrogen and oxygen atoms in total. The van der Waals surface area contributed by atoms with E-state index in [0.717, 1.165) is 29.1 Å². The molecule has 0 bridgehead atoms. The van der Waals surface area contributed by atoms with Crippen molar-refractivity contribution in [3.05, 3.63) is 89.9 Å². The number of carbonyl (C=O) groups excluding carboxylic acids is 1. The lowest BCUT2D eigenvalue weighted by Gasteiger charge is -2.09. The van der Waals surface area contributed by atoms with E-state index in [4.69, 9.17) is 9.47 Å². The molecule has 0 saturated heterocycles. The summed E-state index contributed by atoms with van der Waals surface area (Å²) in [6.45, 7) is 1.02. The van der Waals surface area contributed by atoms with Gasteiger partial charge in [-0.15, -0.1) is 0 Å². The Labute approximate surface area is 167 Å². The summed E-state index contributed by atoms with van der Waals surface area (Å²) in [6, 6.07) is 18.7. The normalized spacial score (nSPS) is 12.4. The van der Waals surface area contributed by atoms with Gasteiger partial charge in [-0.05, 0) is 48.0 Å². The Morgan fingerprint density at radius 1 is 1.14 bits per heavy atom. The third-order valence-corrected chi connectivity index (χ3v) is 4.84. The van der Waals surface area contributed by atoms with Crippen LogP contribution >= 0.6 is 0 Å². The van der Waals surface area contributed by atoms with Gasteiger partial charge in [-0.25, -0.2) is 4.98 Å². The van der Waals surface area contributed by atoms with Gasteiger partial charge in [0.15, 0.2) is 0 Å². The van der Waals surface area contributed by atoms with Crippen molar-refractivity contribution in [1.29, 1.82) is 0 Å². The molecule has 0 spiro atoms. The average Bonchev–Trinajstić information content (AvgIpc) is 3.38. The lowest BCUT2D eigenvalue weighted by atomic mass is 10.1. The molecule has 5 rings (SSSR count). The zero-order valence-electron chi connectivity index (χ0n) is 15.7. The lowest BCUT2D eigenvalue weighted by molar-refractivity contribution is 0.102. The van der Waals surface area contributed by atoms with E-state index in [2.05, 4.69) is 10.3 Å². The molecular formula is C23H19N3O3. The Morgan fingerprint density at radius 3 is 3.03 bits per heavy atom. The maximum Gasteiger partial charge on any atom is 0.255 e. The lowest BCUT2D eigenvalue weighted by Crippen LogP contribution is -2.12. The first-order valence-electron chi connectivity index (χ1n) is 9.47. The summed E-state index contributed by atoms with van der Waals surface area (Å²) in [5.41, 5.74) is 4.09. The van der Waals surface area contributed by atoms with Gasteiger partial charge < -0.3 is 19.2 Å². The number of hydrogen-bond acceptors (Lipinski definition) is 4. The summed E-state index contributed by atoms with van der Waals surface area (Å²) in [6.07, 6.45) is 4.73. The number of carbonyl (C=O) groups is 1. The van der Waals surface area contributed by atoms with Gasteiger partial charge in [0.2, 0.25) is 0 Å². The second kappa shape index (κ2) is 7.31. The molecule has 1 aliphatic rings. The van der Waals surface area contributed by atoms with Crippen LogP contribution in [0.2, 0.25) is 0 Å². The van der Waals surface area contributed by atoms with Crippen molar-refractivity contribution in [3.8, 4) is 11.5 Å². The van der Waals surface area contributed by atoms with Gasteiger partial charge in [-0.1, -0.05) is 12.1 Å². The number of rotatable bonds is 5. The predicted molar refractivity (Wildman–Crippen MR) is 110 cm³/mol. The molecule has 2 aromatic carbocycles. The first-order chi connectivity index (χ1) is 14.2. The van der Waals surface area contributed by atoms with Crippen molar-refractivity contribution in [1.82, 2.24) is 9.38 Å². The zero-order chi connectivity index (χ0) is 19.6. The van der Waals surface area contributed by atoms with Crippen molar-refractivity contribution in [2.75, 3.05) is 11.9 Å². The second-order valence-corrected chi connectivity index (χ2v) is 6.89. The molecule has 1 amide bonds. The van der Waals surface area contributed by atoms with Crippen LogP contribution in [-0.2, 0) is 13.0 Å². The molecule has 144 valence electrons. The van der Waals surface area contributed by atoms with Crippen molar-refractivity contribution in [3.63, 3.8) is 0 Å². The first-order valence-corrected chi connectivity index (χ1v) is 9.47. The molecule has 0 unspecified atom stereocenters. The van der Waals surface area contributed by atoms with Gasteiger partial charge in [0, 0.05) is 36.1 Å². The van der Waals surface area contributed by atoms with E-state index in [1.165, 1.54) is 0 Å². The van der Waals surface area contributed by atoms with Crippen LogP contribution in [0.3, 0.4) is 0 Å². The minimum atomic E-state index is -0.155. The number of pyridine rings is 1. The molecule has 0 fully saturated rings. The maximum atomic E-state index is 12.6. The highest BCUT2D eigenvalue weighted by Crippen LogP contribution is 2.26. The van der Waals surface area contributed by atoms with E-state index >= 15 is 0 Å². The fraction of sp³-hybridized carbons (Fsp3) is 0.130. The Bertz CT molecular complexity index is 1170. The van der Waals surface area contributed by atoms with E-state index in [-0.39, 0.29) is 5.91 Å². The van der Waals surface area contributed by atoms with E-state index in [1.54, 1.807) is 6.07 Å². The summed E-state index contributed by atoms with van der Waals surface area (Å²) in [5.74, 6) is 1.38. The Balaban J connectivity index is 1.26. The number of imidazole rings is 1. The Morgan fingerprint density at radius 2 is 2.10 bits per heavy atom. The van der Waals surface area contributed by atoms with Gasteiger partial charge in [-0.3, -0.25) is 4.79 Å². The number of ether oxygens (including phenoxy) is 2. The minimum Gasteiger partial charge on any atom is -0.493 e. The molecule has 29 heavy (non-hydrogen) atoms. The first kappa shape index (κ1) is 17.3. The molecule has 6 heteroatoms. The molecule has 2 aromatic heterocycles. The minimum absolute atomic E-state index is 0.155. The van der Waals surface area contributed by atoms with Crippen LogP contribution in [0.15, 0.2) is 73.1 Å². The third-order valence-electron chi connectivity index (χ3n) is 4.84. The van der Waals surface area contributed by atoms with E-state index in [0.29, 0.717) is 30.2 Å². The number of fused-ring (bicyclic) bond motifs is 2. The largest absolute Gasteiger partial charge is 0.493 e. The van der Waals surface area contributed by atoms with Gasteiger partial charge >= 0.3 is 0 Å². The maximum absolute atomic E-state index is 12.6. The van der Waals surface area contributed by atoms with Crippen molar-refractivity contribution < 1.29 is 14.3 Å². The van der Waals surface area contributed by atoms with Gasteiger partial charge in [0.1, 0.15) is 23.8 Å². The molecular weight excluding hydrogens is 366 g/mol. The topological polar surface area (TPSA) is 64.9 Å². The number of anilines is 1. The standard InChI is InChI=1S/C23H19N3O3/c27-23(17-7-8-21-16(12-17)9-11-28-21)25-18-4-3-5-20(13-18)29-15-19-14-26-10-2-1-6-22(26)24-19/h1-8,10,12-14H,9,11,15H2,(H,25,27). The molecule has 0 aliphatic carbocycles. The van der Waals surface area contributed by atoms with Crippen LogP contribution in [0.25, 0.3) is 5.65 Å². The van der Waals surface area contributed by atoms with Crippen LogP contribution in [-0.4, -0.2) is 21.9 Å². The quantitative estimate of drug-likeness (QED) is 0.562. The van der Waals surface area contributed by atoms with Crippen LogP contribution in [0, 0.1) is 0 Å². The average molecular weight is 385 g/mol. The number of benzene rings is 2. The molecule has 0 saturated carbocycles. The number of aromatic nitrogens is 2. The van der Waals surface area contributed by atoms with Gasteiger partial charge in [0.05, 0.1) is 12.3 Å². The smallest absolute Gasteiger partial charge is 0.255 e. The highest BCUT2D eigenvalue weighted by molar-refractivity contribution is 6.04. The molecule has 0 atom stereocenters. The van der Waals surface area contributed by atoms with E-state index in [1.807, 2.05) is 71.4 Å². The highest BCUT2D eigenvalue weighted by Gasteiger charge is 2.15. The Hall–Kier alpha value is -3.80. The summed E-state index contributed by atoms with van der Waals surface area (Å²) in [7, 11) is 0. The van der Waals surface area contributed by atoms with E-state index < -0.39 is 0 Å². The van der Waals surface area contributed by atoms with Crippen LogP contribution in [0.1, 0.15) is 21.6 Å². The van der Waals surface area contributed by atoms with Gasteiger partial charge in [0.25, 0.3) is 5.91 Å². The Kier molecular flexibility index (Phi) is 4.37. The summed E-state index contributed by atoms with van der Waals surface area (Å²) in [5, 5.41) is 2.93. The predicted octanol–water partition coefficient (Wildman–Crippen LogP) is 4.10. The van der Waals surface area contributed by atoms with Crippen molar-refractivity contribution >= 4 is 17.2 Å². The highest BCUT2D eigenvalue weighted by atomic mass is 16.5. The molecule has 4 aromatic rings. The molecule has 0 radical (unpaired) electrons. The number of nitrogens with zero attached hydrogens (tertiary/aromatic N) is 2. The molecule has 1 aliphatic heterocycles. The van der Waals surface area contributed by atoms with Crippen LogP contribution in [0.4, 0.5) is 5.69 Å². The van der Waals surface area contributed by atoms with Crippen LogP contribution < -0.4 is 14.8 Å². The zero-order valence-corrected chi connectivity index (χ0v) is 15.7. The van der Waals surface area contributed by atoms with Crippen LogP contribution in [0.5, 0.6) is 11.5 Å². The number of amides is 1. The van der Waals surface area contributed by atoms with Crippen molar-refractivity contribution in [2.45, 2.75) is 13.0 Å². The van der Waals surface area contributed by atoms with E-state index in [9.17, 15) is 4.79 Å². The fourth-order valence-electron chi connectivity index (χ4n) is 3.41. The SMILES string of the molecule is O=C(Nc1cccc(OCc2cn3ccccc3n2)c1)c1ccc2c(c1)CCO2. The molecule has 1 N–H and O–H groups in total. The summed E-state index contributed by atoms with van der Waals surface area (Å²) in [4.78, 5) is 17.1. The molecule has 3 heterocycles. The monoisotopic (exact) mass is 385 g/mol. The summed E-state index contributed by atoms with van der Waals surface area (Å²) >= 11 is 0. The summed E-state index contributed by atoms with van der Waals surface area (Å²) < 4.78 is 13.3. The second-order valence-electron chi connectivity index (χ2n) is 6.89. The number of hydrogen-bond donors (Lipinski definition) is 1. The van der Waals surface area contributed by atoms with Gasteiger partial charge in [-0.2, -0.15) is 0 Å².